The summed E-state index contributed by atoms with van der Waals surface area (Å²) in [5.74, 6) is -1.75. The van der Waals surface area contributed by atoms with Crippen molar-refractivity contribution in [3.63, 3.8) is 0 Å². The van der Waals surface area contributed by atoms with Gasteiger partial charge in [0.1, 0.15) is 12.6 Å². The molecule has 0 aromatic rings. The smallest absolute Gasteiger partial charge is 0.306 e. The number of hydrogen-bond acceptors (Lipinski definition) is 7. The minimum atomic E-state index is -1.13. The summed E-state index contributed by atoms with van der Waals surface area (Å²) in [6.07, 6.45) is 54.3. The number of ether oxygens (including phenoxy) is 3. The standard InChI is InChI=1S/C54H97NO7/c1-6-8-10-12-14-16-18-20-22-23-24-25-26-27-28-29-31-32-34-36-38-40-42-44-52(56)61-49-50(48-60-47-46-51(54(58)59)55(3,4)5)62-53(57)45-43-41-39-37-35-33-30-21-19-17-15-13-11-9-7-2/h9,11,15,17,21,23-24,30,50-51H,6-8,10,12-14,16,18-20,22,25-29,31-49H2,1-5H3/b11-9-,17-15-,24-23-,30-21-. The Bertz CT molecular complexity index is 1150. The van der Waals surface area contributed by atoms with Crippen molar-refractivity contribution in [1.82, 2.24) is 0 Å². The molecule has 0 saturated heterocycles. The number of rotatable bonds is 46. The Balaban J connectivity index is 4.20. The summed E-state index contributed by atoms with van der Waals surface area (Å²) in [5, 5.41) is 11.7. The van der Waals surface area contributed by atoms with E-state index in [-0.39, 0.29) is 42.7 Å². The third-order valence-electron chi connectivity index (χ3n) is 11.4. The summed E-state index contributed by atoms with van der Waals surface area (Å²) in [6.45, 7) is 4.55. The van der Waals surface area contributed by atoms with E-state index >= 15 is 0 Å². The Morgan fingerprint density at radius 1 is 0.500 bits per heavy atom. The van der Waals surface area contributed by atoms with E-state index < -0.39 is 18.1 Å². The molecule has 0 aliphatic heterocycles. The quantitative estimate of drug-likeness (QED) is 0.0260. The van der Waals surface area contributed by atoms with Gasteiger partial charge in [-0.2, -0.15) is 0 Å². The van der Waals surface area contributed by atoms with Gasteiger partial charge >= 0.3 is 11.9 Å². The lowest BCUT2D eigenvalue weighted by Gasteiger charge is -2.34. The number of carboxylic acids is 1. The van der Waals surface area contributed by atoms with Crippen LogP contribution in [0.3, 0.4) is 0 Å². The normalized spacial score (nSPS) is 13.2. The molecule has 0 bridgehead atoms. The highest BCUT2D eigenvalue weighted by atomic mass is 16.6. The van der Waals surface area contributed by atoms with Crippen molar-refractivity contribution in [2.45, 2.75) is 238 Å². The number of allylic oxidation sites excluding steroid dienone is 8. The van der Waals surface area contributed by atoms with E-state index in [1.807, 2.05) is 0 Å². The van der Waals surface area contributed by atoms with Gasteiger partial charge in [0.15, 0.2) is 6.10 Å². The third kappa shape index (κ3) is 42.6. The molecule has 62 heavy (non-hydrogen) atoms. The van der Waals surface area contributed by atoms with Crippen LogP contribution in [0.1, 0.15) is 226 Å². The van der Waals surface area contributed by atoms with Crippen molar-refractivity contribution in [2.24, 2.45) is 0 Å². The van der Waals surface area contributed by atoms with Crippen LogP contribution < -0.4 is 5.11 Å². The van der Waals surface area contributed by atoms with Crippen LogP contribution in [-0.2, 0) is 28.6 Å². The maximum Gasteiger partial charge on any atom is 0.306 e. The first-order valence-electron chi connectivity index (χ1n) is 25.7. The van der Waals surface area contributed by atoms with Gasteiger partial charge in [-0.05, 0) is 70.6 Å². The van der Waals surface area contributed by atoms with E-state index in [9.17, 15) is 19.5 Å². The second-order valence-electron chi connectivity index (χ2n) is 18.4. The number of esters is 2. The van der Waals surface area contributed by atoms with Crippen LogP contribution in [0.4, 0.5) is 0 Å². The van der Waals surface area contributed by atoms with Gasteiger partial charge in [-0.1, -0.05) is 184 Å². The Hall–Kier alpha value is -2.71. The molecule has 0 radical (unpaired) electrons. The monoisotopic (exact) mass is 872 g/mol. The number of carboxylic acid groups (broad SMARTS) is 1. The molecule has 0 aromatic heterocycles. The highest BCUT2D eigenvalue weighted by Gasteiger charge is 2.25. The lowest BCUT2D eigenvalue weighted by Crippen LogP contribution is -2.55. The van der Waals surface area contributed by atoms with Gasteiger partial charge in [0.05, 0.1) is 40.3 Å². The summed E-state index contributed by atoms with van der Waals surface area (Å²) in [4.78, 5) is 37.0. The molecule has 0 N–H and O–H groups in total. The number of hydrogen-bond donors (Lipinski definition) is 0. The van der Waals surface area contributed by atoms with Crippen molar-refractivity contribution in [2.75, 3.05) is 41.0 Å². The molecule has 2 unspecified atom stereocenters. The molecule has 360 valence electrons. The molecule has 2 atom stereocenters. The second kappa shape index (κ2) is 44.9. The van der Waals surface area contributed by atoms with E-state index in [2.05, 4.69) is 62.5 Å². The van der Waals surface area contributed by atoms with E-state index in [4.69, 9.17) is 14.2 Å². The molecule has 0 aromatic carbocycles. The van der Waals surface area contributed by atoms with E-state index in [0.717, 1.165) is 77.0 Å². The number of nitrogens with zero attached hydrogens (tertiary/aromatic N) is 1. The molecular formula is C54H97NO7. The van der Waals surface area contributed by atoms with Crippen molar-refractivity contribution < 1.29 is 38.2 Å². The molecule has 0 amide bonds. The topological polar surface area (TPSA) is 102 Å². The summed E-state index contributed by atoms with van der Waals surface area (Å²) in [5.41, 5.74) is 0. The molecule has 0 fully saturated rings. The molecular weight excluding hydrogens is 775 g/mol. The van der Waals surface area contributed by atoms with Crippen molar-refractivity contribution in [1.29, 1.82) is 0 Å². The molecule has 0 rings (SSSR count). The number of unbranched alkanes of at least 4 members (excludes halogenated alkanes) is 24. The summed E-state index contributed by atoms with van der Waals surface area (Å²) in [6, 6.07) is -0.730. The molecule has 0 spiro atoms. The molecule has 0 heterocycles. The fourth-order valence-electron chi connectivity index (χ4n) is 7.49. The van der Waals surface area contributed by atoms with Crippen molar-refractivity contribution in [3.05, 3.63) is 48.6 Å². The maximum absolute atomic E-state index is 12.8. The molecule has 8 heteroatoms. The summed E-state index contributed by atoms with van der Waals surface area (Å²) in [7, 11) is 5.41. The fourth-order valence-corrected chi connectivity index (χ4v) is 7.49. The Morgan fingerprint density at radius 2 is 0.903 bits per heavy atom. The van der Waals surface area contributed by atoms with E-state index in [1.54, 1.807) is 21.1 Å². The zero-order valence-corrected chi connectivity index (χ0v) is 41.0. The van der Waals surface area contributed by atoms with Crippen molar-refractivity contribution >= 4 is 17.9 Å². The molecule has 0 aliphatic carbocycles. The predicted octanol–water partition coefficient (Wildman–Crippen LogP) is 13.4. The number of quaternary nitrogens is 1. The average Bonchev–Trinajstić information content (AvgIpc) is 3.23. The first-order chi connectivity index (χ1) is 30.1. The summed E-state index contributed by atoms with van der Waals surface area (Å²) >= 11 is 0. The van der Waals surface area contributed by atoms with E-state index in [0.29, 0.717) is 12.8 Å². The van der Waals surface area contributed by atoms with Gasteiger partial charge in [0.25, 0.3) is 0 Å². The highest BCUT2D eigenvalue weighted by Crippen LogP contribution is 2.15. The van der Waals surface area contributed by atoms with Crippen LogP contribution in [0.5, 0.6) is 0 Å². The minimum Gasteiger partial charge on any atom is -0.544 e. The van der Waals surface area contributed by atoms with Gasteiger partial charge in [0, 0.05) is 19.3 Å². The number of carbonyl (C=O) groups excluding carboxylic acids is 3. The first kappa shape index (κ1) is 59.3. The molecule has 0 aliphatic rings. The Labute approximate surface area is 382 Å². The molecule has 0 saturated carbocycles. The van der Waals surface area contributed by atoms with Crippen LogP contribution >= 0.6 is 0 Å². The second-order valence-corrected chi connectivity index (χ2v) is 18.4. The van der Waals surface area contributed by atoms with Crippen LogP contribution in [0, 0.1) is 0 Å². The maximum atomic E-state index is 12.8. The molecule has 8 nitrogen and oxygen atoms in total. The van der Waals surface area contributed by atoms with Crippen molar-refractivity contribution in [3.8, 4) is 0 Å². The Kier molecular flexibility index (Phi) is 42.9. The lowest BCUT2D eigenvalue weighted by molar-refractivity contribution is -0.889. The number of aliphatic carboxylic acids is 1. The largest absolute Gasteiger partial charge is 0.544 e. The van der Waals surface area contributed by atoms with Gasteiger partial charge < -0.3 is 28.6 Å². The lowest BCUT2D eigenvalue weighted by atomic mass is 10.0. The summed E-state index contributed by atoms with van der Waals surface area (Å²) < 4.78 is 17.2. The van der Waals surface area contributed by atoms with Crippen LogP contribution in [0.15, 0.2) is 48.6 Å². The highest BCUT2D eigenvalue weighted by molar-refractivity contribution is 5.70. The van der Waals surface area contributed by atoms with Crippen LogP contribution in [0.2, 0.25) is 0 Å². The zero-order valence-electron chi connectivity index (χ0n) is 41.0. The van der Waals surface area contributed by atoms with Crippen LogP contribution in [-0.4, -0.2) is 75.5 Å². The third-order valence-corrected chi connectivity index (χ3v) is 11.4. The van der Waals surface area contributed by atoms with Gasteiger partial charge in [0.2, 0.25) is 0 Å². The number of carbonyl (C=O) groups is 3. The average molecular weight is 872 g/mol. The predicted molar refractivity (Wildman–Crippen MR) is 259 cm³/mol. The minimum absolute atomic E-state index is 0.0337. The fraction of sp³-hybridized carbons (Fsp3) is 0.796. The van der Waals surface area contributed by atoms with E-state index in [1.165, 1.54) is 116 Å². The first-order valence-corrected chi connectivity index (χ1v) is 25.7. The SMILES string of the molecule is CC/C=C\C/C=C\C/C=C\CCCCCCCC(=O)OC(COCCC(C(=O)[O-])[N+](C)(C)C)COC(=O)CCCCCCCCCCCCC/C=C\CCCCCCCCCC. The van der Waals surface area contributed by atoms with Crippen LogP contribution in [0.25, 0.3) is 0 Å². The number of likely N-dealkylation sites (N-methyl/N-ethyl adjacent to an activating group) is 1. The van der Waals surface area contributed by atoms with Gasteiger partial charge in [-0.15, -0.1) is 0 Å². The Morgan fingerprint density at radius 3 is 1.35 bits per heavy atom. The van der Waals surface area contributed by atoms with Gasteiger partial charge in [-0.25, -0.2) is 0 Å². The zero-order chi connectivity index (χ0) is 45.6. The van der Waals surface area contributed by atoms with Gasteiger partial charge in [-0.3, -0.25) is 9.59 Å².